The van der Waals surface area contributed by atoms with Gasteiger partial charge in [-0.3, -0.25) is 9.78 Å². The minimum absolute atomic E-state index is 0.107. The van der Waals surface area contributed by atoms with E-state index in [4.69, 9.17) is 8.83 Å². The zero-order chi connectivity index (χ0) is 19.6. The van der Waals surface area contributed by atoms with E-state index in [2.05, 4.69) is 25.5 Å². The number of carbonyl (C=O) groups excluding carboxylic acids is 1. The Bertz CT molecular complexity index is 1130. The third kappa shape index (κ3) is 3.45. The van der Waals surface area contributed by atoms with Crippen molar-refractivity contribution in [3.8, 4) is 11.7 Å². The van der Waals surface area contributed by atoms with Crippen molar-refractivity contribution < 1.29 is 13.6 Å². The first-order chi connectivity index (χ1) is 14.3. The van der Waals surface area contributed by atoms with E-state index in [-0.39, 0.29) is 17.6 Å². The van der Waals surface area contributed by atoms with Crippen molar-refractivity contribution in [2.75, 3.05) is 36.4 Å². The van der Waals surface area contributed by atoms with E-state index in [1.54, 1.807) is 12.4 Å². The molecule has 1 aliphatic heterocycles. The summed E-state index contributed by atoms with van der Waals surface area (Å²) in [6.07, 6.45) is 4.77. The summed E-state index contributed by atoms with van der Waals surface area (Å²) >= 11 is 0. The zero-order valence-corrected chi connectivity index (χ0v) is 15.6. The summed E-state index contributed by atoms with van der Waals surface area (Å²) in [4.78, 5) is 23.3. The van der Waals surface area contributed by atoms with Crippen LogP contribution in [0.25, 0.3) is 22.6 Å². The fourth-order valence-electron chi connectivity index (χ4n) is 3.43. The zero-order valence-electron chi connectivity index (χ0n) is 15.6. The lowest BCUT2D eigenvalue weighted by Gasteiger charge is -2.30. The van der Waals surface area contributed by atoms with E-state index in [0.29, 0.717) is 11.4 Å². The lowest BCUT2D eigenvalue weighted by Crippen LogP contribution is -2.43. The maximum atomic E-state index is 12.7. The molecule has 4 aromatic rings. The number of aromatic nitrogens is 2. The van der Waals surface area contributed by atoms with E-state index in [9.17, 15) is 4.79 Å². The summed E-state index contributed by atoms with van der Waals surface area (Å²) in [7, 11) is 0. The van der Waals surface area contributed by atoms with Crippen molar-refractivity contribution in [1.29, 1.82) is 0 Å². The standard InChI is InChI=1S/C21H19N5O3/c27-20(25-15-12-23-6-5-16(15)26-9-7-22-8-10-26)19-13-24-21(29-19)18-11-14-3-1-2-4-17(14)28-18/h1-6,11-13,22H,7-10H2,(H,25,27). The lowest BCUT2D eigenvalue weighted by molar-refractivity contribution is 0.0997. The Kier molecular flexibility index (Phi) is 4.45. The maximum Gasteiger partial charge on any atom is 0.293 e. The number of oxazole rings is 1. The fourth-order valence-corrected chi connectivity index (χ4v) is 3.43. The van der Waals surface area contributed by atoms with Crippen LogP contribution in [0, 0.1) is 0 Å². The highest BCUT2D eigenvalue weighted by atomic mass is 16.4. The van der Waals surface area contributed by atoms with Crippen molar-refractivity contribution in [2.24, 2.45) is 0 Å². The molecule has 3 aromatic heterocycles. The van der Waals surface area contributed by atoms with Crippen LogP contribution in [-0.2, 0) is 0 Å². The molecule has 0 unspecified atom stereocenters. The number of nitrogens with zero attached hydrogens (tertiary/aromatic N) is 3. The second-order valence-electron chi connectivity index (χ2n) is 6.76. The minimum atomic E-state index is -0.385. The van der Waals surface area contributed by atoms with Gasteiger partial charge < -0.3 is 24.4 Å². The van der Waals surface area contributed by atoms with Crippen molar-refractivity contribution in [2.45, 2.75) is 0 Å². The van der Waals surface area contributed by atoms with Crippen LogP contribution in [-0.4, -0.2) is 42.1 Å². The molecule has 0 aliphatic carbocycles. The first-order valence-corrected chi connectivity index (χ1v) is 9.44. The lowest BCUT2D eigenvalue weighted by atomic mass is 10.2. The molecule has 0 radical (unpaired) electrons. The summed E-state index contributed by atoms with van der Waals surface area (Å²) in [5.41, 5.74) is 2.32. The molecule has 1 aliphatic rings. The monoisotopic (exact) mass is 389 g/mol. The number of furan rings is 1. The van der Waals surface area contributed by atoms with Crippen LogP contribution >= 0.6 is 0 Å². The number of rotatable bonds is 4. The van der Waals surface area contributed by atoms with Gasteiger partial charge in [-0.2, -0.15) is 0 Å². The van der Waals surface area contributed by atoms with Gasteiger partial charge in [-0.15, -0.1) is 0 Å². The van der Waals surface area contributed by atoms with Crippen LogP contribution < -0.4 is 15.5 Å². The maximum absolute atomic E-state index is 12.7. The van der Waals surface area contributed by atoms with Gasteiger partial charge in [0.1, 0.15) is 5.58 Å². The highest BCUT2D eigenvalue weighted by Crippen LogP contribution is 2.28. The SMILES string of the molecule is O=C(Nc1cnccc1N1CCNCC1)c1cnc(-c2cc3ccccc3o2)o1. The highest BCUT2D eigenvalue weighted by Gasteiger charge is 2.20. The van der Waals surface area contributed by atoms with Gasteiger partial charge in [0.15, 0.2) is 5.76 Å². The van der Waals surface area contributed by atoms with Crippen LogP contribution in [0.2, 0.25) is 0 Å². The van der Waals surface area contributed by atoms with Crippen molar-refractivity contribution in [3.05, 3.63) is 60.7 Å². The van der Waals surface area contributed by atoms with Gasteiger partial charge in [-0.05, 0) is 18.2 Å². The third-order valence-electron chi connectivity index (χ3n) is 4.87. The van der Waals surface area contributed by atoms with Gasteiger partial charge >= 0.3 is 0 Å². The molecule has 4 heterocycles. The molecule has 1 amide bonds. The largest absolute Gasteiger partial charge is 0.451 e. The molecule has 1 fully saturated rings. The topological polar surface area (TPSA) is 96.4 Å². The summed E-state index contributed by atoms with van der Waals surface area (Å²) in [6, 6.07) is 11.4. The normalized spacial score (nSPS) is 14.3. The molecule has 1 saturated heterocycles. The summed E-state index contributed by atoms with van der Waals surface area (Å²) < 4.78 is 11.4. The number of pyridine rings is 1. The number of fused-ring (bicyclic) bond motifs is 1. The van der Waals surface area contributed by atoms with E-state index in [0.717, 1.165) is 42.8 Å². The summed E-state index contributed by atoms with van der Waals surface area (Å²) in [5, 5.41) is 7.16. The number of hydrogen-bond donors (Lipinski definition) is 2. The molecule has 8 heteroatoms. The van der Waals surface area contributed by atoms with Crippen LogP contribution in [0.1, 0.15) is 10.6 Å². The van der Waals surface area contributed by atoms with Crippen LogP contribution in [0.3, 0.4) is 0 Å². The predicted octanol–water partition coefficient (Wildman–Crippen LogP) is 3.14. The molecule has 0 saturated carbocycles. The summed E-state index contributed by atoms with van der Waals surface area (Å²) in [5.74, 6) is 0.466. The van der Waals surface area contributed by atoms with Gasteiger partial charge in [0.05, 0.1) is 23.8 Å². The molecule has 0 bridgehead atoms. The number of para-hydroxylation sites is 1. The van der Waals surface area contributed by atoms with Gasteiger partial charge in [-0.25, -0.2) is 4.98 Å². The van der Waals surface area contributed by atoms with Crippen molar-refractivity contribution in [1.82, 2.24) is 15.3 Å². The number of carbonyl (C=O) groups is 1. The fraction of sp³-hybridized carbons (Fsp3) is 0.190. The predicted molar refractivity (Wildman–Crippen MR) is 109 cm³/mol. The second kappa shape index (κ2) is 7.40. The van der Waals surface area contributed by atoms with Crippen molar-refractivity contribution in [3.63, 3.8) is 0 Å². The van der Waals surface area contributed by atoms with Crippen LogP contribution in [0.4, 0.5) is 11.4 Å². The number of hydrogen-bond acceptors (Lipinski definition) is 7. The molecule has 0 atom stereocenters. The smallest absolute Gasteiger partial charge is 0.293 e. The van der Waals surface area contributed by atoms with Crippen LogP contribution in [0.5, 0.6) is 0 Å². The summed E-state index contributed by atoms with van der Waals surface area (Å²) in [6.45, 7) is 3.54. The van der Waals surface area contributed by atoms with E-state index in [1.165, 1.54) is 6.20 Å². The number of piperazine rings is 1. The molecule has 1 aromatic carbocycles. The first-order valence-electron chi connectivity index (χ1n) is 9.44. The molecular formula is C21H19N5O3. The number of benzene rings is 1. The van der Waals surface area contributed by atoms with Gasteiger partial charge in [-0.1, -0.05) is 18.2 Å². The molecule has 29 heavy (non-hydrogen) atoms. The first kappa shape index (κ1) is 17.4. The Morgan fingerprint density at radius 3 is 2.83 bits per heavy atom. The Morgan fingerprint density at radius 2 is 1.97 bits per heavy atom. The Hall–Kier alpha value is -3.65. The van der Waals surface area contributed by atoms with Crippen molar-refractivity contribution >= 4 is 28.3 Å². The quantitative estimate of drug-likeness (QED) is 0.553. The molecule has 2 N–H and O–H groups in total. The molecular weight excluding hydrogens is 370 g/mol. The number of nitrogens with one attached hydrogen (secondary N) is 2. The minimum Gasteiger partial charge on any atom is -0.451 e. The van der Waals surface area contributed by atoms with E-state index in [1.807, 2.05) is 36.4 Å². The Labute approximate surface area is 166 Å². The average molecular weight is 389 g/mol. The van der Waals surface area contributed by atoms with Crippen LogP contribution in [0.15, 0.2) is 63.8 Å². The van der Waals surface area contributed by atoms with Gasteiger partial charge in [0, 0.05) is 37.8 Å². The van der Waals surface area contributed by atoms with E-state index >= 15 is 0 Å². The number of amides is 1. The average Bonchev–Trinajstić information content (AvgIpc) is 3.42. The Morgan fingerprint density at radius 1 is 1.10 bits per heavy atom. The van der Waals surface area contributed by atoms with E-state index < -0.39 is 0 Å². The van der Waals surface area contributed by atoms with Gasteiger partial charge in [0.25, 0.3) is 11.8 Å². The third-order valence-corrected chi connectivity index (χ3v) is 4.87. The molecule has 146 valence electrons. The highest BCUT2D eigenvalue weighted by molar-refractivity contribution is 6.04. The Balaban J connectivity index is 1.37. The molecule has 8 nitrogen and oxygen atoms in total. The molecule has 5 rings (SSSR count). The number of anilines is 2. The van der Waals surface area contributed by atoms with Gasteiger partial charge in [0.2, 0.25) is 5.76 Å². The second-order valence-corrected chi connectivity index (χ2v) is 6.76. The molecule has 0 spiro atoms.